The number of aromatic nitrogens is 2. The van der Waals surface area contributed by atoms with Crippen molar-refractivity contribution in [3.63, 3.8) is 0 Å². The number of carboxylic acid groups (broad SMARTS) is 1. The normalized spacial score (nSPS) is 18.4. The molecule has 2 heterocycles. The summed E-state index contributed by atoms with van der Waals surface area (Å²) in [4.78, 5) is 20.3. The van der Waals surface area contributed by atoms with Gasteiger partial charge in [-0.15, -0.1) is 0 Å². The summed E-state index contributed by atoms with van der Waals surface area (Å²) in [5, 5.41) is 28.3. The fourth-order valence-electron chi connectivity index (χ4n) is 4.27. The predicted molar refractivity (Wildman–Crippen MR) is 162 cm³/mol. The molecule has 1 fully saturated rings. The van der Waals surface area contributed by atoms with Gasteiger partial charge in [-0.3, -0.25) is 4.79 Å². The largest absolute Gasteiger partial charge is 0.481 e. The van der Waals surface area contributed by atoms with Crippen LogP contribution in [-0.2, 0) is 24.3 Å². The van der Waals surface area contributed by atoms with Crippen molar-refractivity contribution in [1.29, 1.82) is 0 Å². The second-order valence-corrected chi connectivity index (χ2v) is 12.8. The van der Waals surface area contributed by atoms with Gasteiger partial charge in [-0.05, 0) is 44.0 Å². The molecule has 0 aliphatic carbocycles. The molecular weight excluding hydrogens is 583 g/mol. The quantitative estimate of drug-likeness (QED) is 0.255. The molecule has 2 atom stereocenters. The van der Waals surface area contributed by atoms with Gasteiger partial charge < -0.3 is 30.1 Å². The molecule has 14 heteroatoms. The Morgan fingerprint density at radius 3 is 2.28 bits per heavy atom. The molecule has 3 rings (SSSR count). The Labute approximate surface area is 252 Å². The van der Waals surface area contributed by atoms with E-state index < -0.39 is 39.8 Å². The average molecular weight is 627 g/mol. The second-order valence-electron chi connectivity index (χ2n) is 10.7. The fourth-order valence-corrected chi connectivity index (χ4v) is 4.65. The number of carboxylic acids is 1. The molecule has 1 aromatic carbocycles. The van der Waals surface area contributed by atoms with Crippen LogP contribution in [0.5, 0.6) is 0 Å². The van der Waals surface area contributed by atoms with Crippen molar-refractivity contribution < 1.29 is 42.4 Å². The Bertz CT molecular complexity index is 1330. The van der Waals surface area contributed by atoms with E-state index in [-0.39, 0.29) is 31.5 Å². The van der Waals surface area contributed by atoms with Gasteiger partial charge in [0.2, 0.25) is 16.0 Å². The number of aliphatic hydroxyl groups excluding tert-OH is 2. The van der Waals surface area contributed by atoms with E-state index in [9.17, 15) is 22.7 Å². The van der Waals surface area contributed by atoms with Gasteiger partial charge in [0.1, 0.15) is 5.82 Å². The first-order valence-electron chi connectivity index (χ1n) is 13.9. The number of nitrogens with zero attached hydrogens (tertiary/aromatic N) is 3. The van der Waals surface area contributed by atoms with E-state index in [2.05, 4.69) is 15.3 Å². The number of sulfonamides is 1. The lowest BCUT2D eigenvalue weighted by Gasteiger charge is -2.39. The zero-order valence-corrected chi connectivity index (χ0v) is 26.3. The van der Waals surface area contributed by atoms with Gasteiger partial charge in [-0.1, -0.05) is 26.0 Å². The highest BCUT2D eigenvalue weighted by Crippen LogP contribution is 2.33. The van der Waals surface area contributed by atoms with Crippen LogP contribution in [0.15, 0.2) is 30.3 Å². The number of rotatable bonds is 12. The molecule has 1 saturated heterocycles. The van der Waals surface area contributed by atoms with Crippen LogP contribution >= 0.6 is 0 Å². The van der Waals surface area contributed by atoms with Gasteiger partial charge in [-0.2, -0.15) is 0 Å². The zero-order valence-electron chi connectivity index (χ0n) is 25.4. The number of benzene rings is 1. The molecule has 1 aliphatic rings. The Hall–Kier alpha value is -3.01. The number of hydrogen-bond donors (Lipinski definition) is 4. The summed E-state index contributed by atoms with van der Waals surface area (Å²) in [5.74, 6) is -2.45. The molecule has 1 aliphatic heterocycles. The van der Waals surface area contributed by atoms with Gasteiger partial charge in [0.15, 0.2) is 5.79 Å². The monoisotopic (exact) mass is 626 g/mol. The molecule has 240 valence electrons. The number of carbonyl (C=O) groups is 1. The number of aliphatic hydroxyl groups is 2. The second kappa shape index (κ2) is 16.2. The fraction of sp³-hybridized carbons (Fsp3) is 0.552. The number of anilines is 1. The average Bonchev–Trinajstić information content (AvgIpc) is 2.90. The molecule has 12 nitrogen and oxygen atoms in total. The van der Waals surface area contributed by atoms with Crippen LogP contribution in [0.4, 0.5) is 10.3 Å². The Balaban J connectivity index is 0.000000821. The van der Waals surface area contributed by atoms with Gasteiger partial charge in [0.05, 0.1) is 49.5 Å². The maximum Gasteiger partial charge on any atom is 0.305 e. The van der Waals surface area contributed by atoms with Gasteiger partial charge in [0, 0.05) is 37.7 Å². The molecule has 0 radical (unpaired) electrons. The SMILES string of the molecule is CC(C)c1nc(N(C)S(C)(=O)=O)nc(-c2ccc(F)cc2)c1C=C[C@@H]1C[C@H](CC(=O)O)OC(C)(C)O1.OCCNCCO. The van der Waals surface area contributed by atoms with Crippen molar-refractivity contribution in [1.82, 2.24) is 15.3 Å². The number of hydrogen-bond acceptors (Lipinski definition) is 10. The van der Waals surface area contributed by atoms with Crippen LogP contribution in [-0.4, -0.2) is 97.3 Å². The molecule has 0 unspecified atom stereocenters. The van der Waals surface area contributed by atoms with Crippen LogP contribution < -0.4 is 9.62 Å². The minimum atomic E-state index is -3.63. The first-order valence-corrected chi connectivity index (χ1v) is 15.7. The molecular formula is C29H43FN4O8S. The molecule has 0 spiro atoms. The zero-order chi connectivity index (χ0) is 32.4. The highest BCUT2D eigenvalue weighted by atomic mass is 32.2. The highest BCUT2D eigenvalue weighted by Gasteiger charge is 2.35. The summed E-state index contributed by atoms with van der Waals surface area (Å²) in [6.07, 6.45) is 3.88. The van der Waals surface area contributed by atoms with Crippen molar-refractivity contribution in [2.75, 3.05) is 43.9 Å². The van der Waals surface area contributed by atoms with Crippen molar-refractivity contribution in [3.8, 4) is 11.3 Å². The minimum Gasteiger partial charge on any atom is -0.481 e. The molecule has 43 heavy (non-hydrogen) atoms. The third-order valence-electron chi connectivity index (χ3n) is 6.24. The lowest BCUT2D eigenvalue weighted by atomic mass is 9.97. The molecule has 1 aromatic heterocycles. The van der Waals surface area contributed by atoms with E-state index in [0.29, 0.717) is 42.0 Å². The maximum absolute atomic E-state index is 13.7. The summed E-state index contributed by atoms with van der Waals surface area (Å²) in [6, 6.07) is 5.75. The summed E-state index contributed by atoms with van der Waals surface area (Å²) >= 11 is 0. The van der Waals surface area contributed by atoms with E-state index in [4.69, 9.17) is 19.7 Å². The first-order chi connectivity index (χ1) is 20.1. The van der Waals surface area contributed by atoms with Crippen LogP contribution in [0.25, 0.3) is 17.3 Å². The standard InChI is InChI=1S/C25H32FN3O6S.C4H11NO2/c1-15(2)22-20(12-11-18-13-19(14-21(30)31)35-25(3,4)34-18)23(16-7-9-17(26)10-8-16)28-24(27-22)29(5)36(6,32)33;6-3-1-5-2-4-7/h7-12,15,18-19H,13-14H2,1-6H3,(H,30,31);5-7H,1-4H2/t18-,19-;/m1./s1. The topological polar surface area (TPSA) is 171 Å². The van der Waals surface area contributed by atoms with Crippen molar-refractivity contribution >= 4 is 28.0 Å². The minimum absolute atomic E-state index is 0.00245. The number of ether oxygens (including phenoxy) is 2. The van der Waals surface area contributed by atoms with Crippen LogP contribution in [0.3, 0.4) is 0 Å². The molecule has 0 bridgehead atoms. The van der Waals surface area contributed by atoms with Crippen LogP contribution in [0, 0.1) is 5.82 Å². The summed E-state index contributed by atoms with van der Waals surface area (Å²) in [5.41, 5.74) is 2.24. The number of nitrogens with one attached hydrogen (secondary N) is 1. The molecule has 4 N–H and O–H groups in total. The van der Waals surface area contributed by atoms with E-state index in [1.165, 1.54) is 19.2 Å². The smallest absolute Gasteiger partial charge is 0.305 e. The maximum atomic E-state index is 13.7. The van der Waals surface area contributed by atoms with Gasteiger partial charge >= 0.3 is 5.97 Å². The first kappa shape index (κ1) is 36.2. The number of halogens is 1. The summed E-state index contributed by atoms with van der Waals surface area (Å²) in [7, 11) is -2.25. The third kappa shape index (κ3) is 11.5. The lowest BCUT2D eigenvalue weighted by molar-refractivity contribution is -0.290. The summed E-state index contributed by atoms with van der Waals surface area (Å²) in [6.45, 7) is 8.72. The number of aliphatic carboxylic acids is 1. The van der Waals surface area contributed by atoms with Crippen molar-refractivity contribution in [2.24, 2.45) is 0 Å². The molecule has 2 aromatic rings. The lowest BCUT2D eigenvalue weighted by Crippen LogP contribution is -2.44. The van der Waals surface area contributed by atoms with E-state index in [0.717, 1.165) is 10.6 Å². The van der Waals surface area contributed by atoms with E-state index >= 15 is 0 Å². The third-order valence-corrected chi connectivity index (χ3v) is 7.40. The highest BCUT2D eigenvalue weighted by molar-refractivity contribution is 7.92. The van der Waals surface area contributed by atoms with E-state index in [1.807, 2.05) is 13.8 Å². The molecule has 0 amide bonds. The van der Waals surface area contributed by atoms with E-state index in [1.54, 1.807) is 38.1 Å². The van der Waals surface area contributed by atoms with Gasteiger partial charge in [0.25, 0.3) is 0 Å². The van der Waals surface area contributed by atoms with Crippen LogP contribution in [0.1, 0.15) is 57.7 Å². The Morgan fingerprint density at radius 1 is 1.16 bits per heavy atom. The Morgan fingerprint density at radius 2 is 1.77 bits per heavy atom. The molecule has 0 saturated carbocycles. The van der Waals surface area contributed by atoms with Crippen molar-refractivity contribution in [2.45, 2.75) is 64.4 Å². The Kier molecular flexibility index (Phi) is 13.6. The predicted octanol–water partition coefficient (Wildman–Crippen LogP) is 2.76. The van der Waals surface area contributed by atoms with Gasteiger partial charge in [-0.25, -0.2) is 27.1 Å². The van der Waals surface area contributed by atoms with Crippen molar-refractivity contribution in [3.05, 3.63) is 47.4 Å². The summed E-state index contributed by atoms with van der Waals surface area (Å²) < 4.78 is 50.8. The van der Waals surface area contributed by atoms with Crippen LogP contribution in [0.2, 0.25) is 0 Å².